The van der Waals surface area contributed by atoms with Gasteiger partial charge in [0, 0.05) is 63.5 Å². The van der Waals surface area contributed by atoms with Crippen LogP contribution < -0.4 is 4.48 Å². The number of benzene rings is 10. The highest BCUT2D eigenvalue weighted by molar-refractivity contribution is 6.10. The first-order valence-corrected chi connectivity index (χ1v) is 28.4. The minimum absolute atomic E-state index is 0.347. The maximum Gasteiger partial charge on any atom is 0.143 e. The number of rotatable bonds is 11. The molecule has 0 N–H and O–H groups in total. The molecule has 0 aliphatic heterocycles. The van der Waals surface area contributed by atoms with Gasteiger partial charge >= 0.3 is 0 Å². The highest BCUT2D eigenvalue weighted by Crippen LogP contribution is 2.58. The zero-order chi connectivity index (χ0) is 53.2. The summed E-state index contributed by atoms with van der Waals surface area (Å²) in [7, 11) is 0. The van der Waals surface area contributed by atoms with E-state index >= 15 is 0 Å². The monoisotopic (exact) mass is 1030 g/mol. The number of fused-ring (bicyclic) bond motifs is 8. The van der Waals surface area contributed by atoms with Crippen LogP contribution in [0.2, 0.25) is 0 Å². The van der Waals surface area contributed by atoms with E-state index in [9.17, 15) is 0 Å². The number of hydrogen-bond acceptors (Lipinski definition) is 2. The Balaban J connectivity index is 0.817. The Bertz CT molecular complexity index is 4540. The van der Waals surface area contributed by atoms with Gasteiger partial charge in [-0.25, -0.2) is 4.48 Å². The third-order valence-corrected chi connectivity index (χ3v) is 17.4. The summed E-state index contributed by atoms with van der Waals surface area (Å²) in [6.07, 6.45) is 20.4. The second-order valence-corrected chi connectivity index (χ2v) is 21.7. The van der Waals surface area contributed by atoms with Gasteiger partial charge in [-0.1, -0.05) is 195 Å². The van der Waals surface area contributed by atoms with Crippen LogP contribution >= 0.6 is 0 Å². The van der Waals surface area contributed by atoms with Crippen LogP contribution in [0.4, 0.5) is 17.1 Å². The van der Waals surface area contributed by atoms with Crippen LogP contribution in [0.1, 0.15) is 49.3 Å². The molecule has 0 amide bonds. The Morgan fingerprint density at radius 1 is 0.438 bits per heavy atom. The van der Waals surface area contributed by atoms with Gasteiger partial charge in [-0.2, -0.15) is 0 Å². The van der Waals surface area contributed by atoms with Gasteiger partial charge in [0.15, 0.2) is 0 Å². The Morgan fingerprint density at radius 2 is 1.04 bits per heavy atom. The number of quaternary nitrogens is 1. The molecule has 2 aromatic heterocycles. The maximum atomic E-state index is 6.55. The molecule has 3 aliphatic carbocycles. The standard InChI is InChI=1S/C77H58NO2/c1-2-48-78(61-42-36-54(37-43-61)58-40-46-68-66-25-12-14-30-73(66)79-75(68)51-58,62-44-38-55(39-45-62)64-27-17-28-69-67-26-13-15-31-74(67)80-76(64)69)63-23-16-18-56(49-63)52-32-34-53(35-33-52)57-41-47-72-70(50-57)65-24-10-5-11-29-71(65)77(72,59-19-6-3-7-20-59)60-21-8-4-9-22-60/h3-4,6-8,10-21,23-47,49-51H,2,5,9,22,48H2,1H3/q+1. The lowest BCUT2D eigenvalue weighted by atomic mass is 9.64. The molecule has 0 fully saturated rings. The van der Waals surface area contributed by atoms with Gasteiger partial charge in [-0.15, -0.1) is 0 Å². The van der Waals surface area contributed by atoms with Crippen molar-refractivity contribution in [1.82, 2.24) is 4.48 Å². The van der Waals surface area contributed by atoms with Gasteiger partial charge in [-0.3, -0.25) is 0 Å². The zero-order valence-electron chi connectivity index (χ0n) is 44.8. The van der Waals surface area contributed by atoms with Crippen molar-refractivity contribution in [2.75, 3.05) is 6.54 Å². The highest BCUT2D eigenvalue weighted by atomic mass is 16.3. The van der Waals surface area contributed by atoms with Crippen molar-refractivity contribution >= 4 is 66.5 Å². The first-order chi connectivity index (χ1) is 39.6. The summed E-state index contributed by atoms with van der Waals surface area (Å²) in [6, 6.07) is 85.1. The van der Waals surface area contributed by atoms with Gasteiger partial charge in [-0.05, 0) is 147 Å². The van der Waals surface area contributed by atoms with Crippen molar-refractivity contribution in [2.24, 2.45) is 0 Å². The summed E-state index contributed by atoms with van der Waals surface area (Å²) in [6.45, 7) is 3.15. The van der Waals surface area contributed by atoms with E-state index in [-0.39, 0.29) is 5.41 Å². The smallest absolute Gasteiger partial charge is 0.143 e. The van der Waals surface area contributed by atoms with E-state index in [0.717, 1.165) is 98.4 Å². The molecule has 80 heavy (non-hydrogen) atoms. The fraction of sp³-hybridized carbons (Fsp3) is 0.0909. The van der Waals surface area contributed by atoms with E-state index in [4.69, 9.17) is 8.83 Å². The third-order valence-electron chi connectivity index (χ3n) is 17.4. The molecule has 3 nitrogen and oxygen atoms in total. The van der Waals surface area contributed by atoms with Crippen molar-refractivity contribution in [3.8, 4) is 44.5 Å². The van der Waals surface area contributed by atoms with Crippen molar-refractivity contribution in [3.63, 3.8) is 0 Å². The van der Waals surface area contributed by atoms with Gasteiger partial charge < -0.3 is 8.83 Å². The van der Waals surface area contributed by atoms with Crippen LogP contribution in [0, 0.1) is 0 Å². The first kappa shape index (κ1) is 47.7. The number of nitrogens with zero attached hydrogens (tertiary/aromatic N) is 1. The zero-order valence-corrected chi connectivity index (χ0v) is 44.8. The Labute approximate surface area is 467 Å². The predicted octanol–water partition coefficient (Wildman–Crippen LogP) is 21.4. The number of hydrogen-bond donors (Lipinski definition) is 0. The molecule has 2 unspecified atom stereocenters. The van der Waals surface area contributed by atoms with Crippen molar-refractivity contribution < 1.29 is 8.83 Å². The molecular weight excluding hydrogens is 971 g/mol. The maximum absolute atomic E-state index is 6.55. The minimum Gasteiger partial charge on any atom is -0.456 e. The second-order valence-electron chi connectivity index (χ2n) is 21.7. The summed E-state index contributed by atoms with van der Waals surface area (Å²) >= 11 is 0. The normalized spacial score (nSPS) is 16.5. The quantitative estimate of drug-likeness (QED) is 0.121. The average Bonchev–Trinajstić information content (AvgIpc) is 4.28. The molecule has 3 heteroatoms. The lowest BCUT2D eigenvalue weighted by molar-refractivity contribution is 0.511. The van der Waals surface area contributed by atoms with E-state index in [1.165, 1.54) is 72.7 Å². The van der Waals surface area contributed by atoms with Gasteiger partial charge in [0.2, 0.25) is 0 Å². The lowest BCUT2D eigenvalue weighted by Crippen LogP contribution is -2.39. The first-order valence-electron chi connectivity index (χ1n) is 28.4. The number of furan rings is 2. The van der Waals surface area contributed by atoms with Gasteiger partial charge in [0.1, 0.15) is 39.4 Å². The molecule has 10 aromatic carbocycles. The molecule has 3 aliphatic rings. The fourth-order valence-electron chi connectivity index (χ4n) is 13.7. The summed E-state index contributed by atoms with van der Waals surface area (Å²) < 4.78 is 13.4. The molecule has 0 saturated carbocycles. The summed E-state index contributed by atoms with van der Waals surface area (Å²) in [5.41, 5.74) is 24.3. The minimum atomic E-state index is -0.347. The van der Waals surface area contributed by atoms with E-state index < -0.39 is 0 Å². The van der Waals surface area contributed by atoms with Crippen molar-refractivity contribution in [3.05, 3.63) is 301 Å². The van der Waals surface area contributed by atoms with Crippen LogP contribution in [-0.4, -0.2) is 6.54 Å². The van der Waals surface area contributed by atoms with Gasteiger partial charge in [0.25, 0.3) is 0 Å². The van der Waals surface area contributed by atoms with Crippen LogP contribution in [0.15, 0.2) is 293 Å². The van der Waals surface area contributed by atoms with Crippen LogP contribution in [0.25, 0.3) is 94.0 Å². The third kappa shape index (κ3) is 7.60. The topological polar surface area (TPSA) is 26.3 Å². The lowest BCUT2D eigenvalue weighted by Gasteiger charge is -2.38. The fourth-order valence-corrected chi connectivity index (χ4v) is 13.7. The number of allylic oxidation sites excluding steroid dienone is 10. The van der Waals surface area contributed by atoms with E-state index in [1.54, 1.807) is 0 Å². The molecule has 382 valence electrons. The molecule has 15 rings (SSSR count). The van der Waals surface area contributed by atoms with Crippen molar-refractivity contribution in [1.29, 1.82) is 0 Å². The largest absolute Gasteiger partial charge is 0.456 e. The number of para-hydroxylation sites is 3. The Morgan fingerprint density at radius 3 is 1.77 bits per heavy atom. The summed E-state index contributed by atoms with van der Waals surface area (Å²) in [5, 5.41) is 4.54. The van der Waals surface area contributed by atoms with Gasteiger partial charge in [0.05, 0.1) is 12.0 Å². The molecule has 2 atom stereocenters. The van der Waals surface area contributed by atoms with Crippen molar-refractivity contribution in [2.45, 2.75) is 38.0 Å². The molecule has 2 heterocycles. The Hall–Kier alpha value is -9.54. The molecule has 0 radical (unpaired) electrons. The highest BCUT2D eigenvalue weighted by Gasteiger charge is 2.47. The van der Waals surface area contributed by atoms with Crippen LogP contribution in [-0.2, 0) is 5.41 Å². The Kier molecular flexibility index (Phi) is 11.6. The SMILES string of the molecule is CCC[N+](c1ccc(-c2ccc3c(c2)oc2ccccc23)cc1)(c1ccc(-c2cccc3c2oc2ccccc23)cc1)c1cccc(-c2ccc(-c3ccc4c(c3)C3=C(C=CCC=C3)C4(C3=CC=CCC3)c3ccccc3)cc2)c1. The molecular formula is C77H58NO2+. The second kappa shape index (κ2) is 19.4. The predicted molar refractivity (Wildman–Crippen MR) is 335 cm³/mol. The van der Waals surface area contributed by atoms with Crippen LogP contribution in [0.3, 0.4) is 0 Å². The molecule has 0 saturated heterocycles. The average molecular weight is 1030 g/mol. The molecule has 12 aromatic rings. The van der Waals surface area contributed by atoms with E-state index in [2.05, 4.69) is 262 Å². The summed E-state index contributed by atoms with van der Waals surface area (Å²) in [5.74, 6) is 0. The van der Waals surface area contributed by atoms with E-state index in [1.807, 2.05) is 18.2 Å². The van der Waals surface area contributed by atoms with E-state index in [0.29, 0.717) is 4.48 Å². The van der Waals surface area contributed by atoms with Crippen LogP contribution in [0.5, 0.6) is 0 Å². The summed E-state index contributed by atoms with van der Waals surface area (Å²) in [4.78, 5) is 0. The molecule has 0 bridgehead atoms. The molecule has 0 spiro atoms.